The fourth-order valence-corrected chi connectivity index (χ4v) is 20.0. The summed E-state index contributed by atoms with van der Waals surface area (Å²) in [7, 11) is 1.25. The quantitative estimate of drug-likeness (QED) is 0.0152. The summed E-state index contributed by atoms with van der Waals surface area (Å²) in [6.07, 6.45) is 6.15. The number of amides is 9. The molecule has 12 N–H and O–H groups in total. The van der Waals surface area contributed by atoms with Gasteiger partial charge < -0.3 is 66.1 Å². The molecule has 0 unspecified atom stereocenters. The minimum absolute atomic E-state index is 0.0124. The maximum atomic E-state index is 14.4. The van der Waals surface area contributed by atoms with Crippen LogP contribution in [-0.2, 0) is 85.9 Å². The van der Waals surface area contributed by atoms with Crippen molar-refractivity contribution in [2.75, 3.05) is 28.3 Å². The highest BCUT2D eigenvalue weighted by Gasteiger charge is 2.63. The zero-order chi connectivity index (χ0) is 99.5. The van der Waals surface area contributed by atoms with E-state index in [1.807, 2.05) is 6.92 Å². The van der Waals surface area contributed by atoms with Crippen LogP contribution >= 0.6 is 11.6 Å². The lowest BCUT2D eigenvalue weighted by Gasteiger charge is -2.46. The van der Waals surface area contributed by atoms with Crippen LogP contribution in [0.15, 0.2) is 91.4 Å². The summed E-state index contributed by atoms with van der Waals surface area (Å²) in [4.78, 5) is 170. The topological polar surface area (TPSA) is 475 Å². The Balaban J connectivity index is 0.000000128. The normalized spacial score (nSPS) is 18.3. The summed E-state index contributed by atoms with van der Waals surface area (Å²) >= 11 is 6.16. The highest BCUT2D eigenvalue weighted by molar-refractivity contribution is 6.46. The van der Waals surface area contributed by atoms with Crippen LogP contribution in [0.25, 0.3) is 0 Å². The van der Waals surface area contributed by atoms with Crippen LogP contribution < -0.4 is 47.9 Å². The Labute approximate surface area is 790 Å². The third-order valence-corrected chi connectivity index (χ3v) is 27.7. The van der Waals surface area contributed by atoms with Gasteiger partial charge in [0.2, 0.25) is 5.91 Å². The number of anilines is 4. The molecule has 4 aromatic carbocycles. The average molecular weight is 1940 g/mol. The van der Waals surface area contributed by atoms with Crippen LogP contribution in [-0.4, -0.2) is 171 Å². The number of hydrogen-bond donors (Lipinski definition) is 12. The van der Waals surface area contributed by atoms with E-state index in [-0.39, 0.29) is 86.9 Å². The third kappa shape index (κ3) is 18.1. The molecule has 0 radical (unpaired) electrons. The van der Waals surface area contributed by atoms with Gasteiger partial charge in [-0.05, 0) is 219 Å². The van der Waals surface area contributed by atoms with E-state index in [0.29, 0.717) is 154 Å². The lowest BCUT2D eigenvalue weighted by molar-refractivity contribution is -0.164. The number of benzene rings is 4. The van der Waals surface area contributed by atoms with Gasteiger partial charge in [-0.15, -0.1) is 0 Å². The smallest absolute Gasteiger partial charge is 0.293 e. The summed E-state index contributed by atoms with van der Waals surface area (Å²) in [5.74, 6) is -17.3. The first-order valence-electron chi connectivity index (χ1n) is 44.8. The molecule has 4 aliphatic heterocycles. The number of aryl methyl sites for hydroxylation is 4. The summed E-state index contributed by atoms with van der Waals surface area (Å²) in [5.41, 5.74) is 4.69. The molecule has 5 aliphatic carbocycles. The predicted octanol–water partition coefficient (Wildman–Crippen LogP) is 11.6. The second-order valence-electron chi connectivity index (χ2n) is 36.9. The molecule has 11 heterocycles. The molecule has 0 saturated heterocycles. The van der Waals surface area contributed by atoms with Crippen LogP contribution in [0.2, 0.25) is 5.02 Å². The number of carbonyl (C=O) groups is 13. The Morgan fingerprint density at radius 3 is 1.15 bits per heavy atom. The largest absolute Gasteiger partial charge is 0.357 e. The molecule has 5 saturated carbocycles. The number of aromatic nitrogens is 13. The fourth-order valence-electron chi connectivity index (χ4n) is 19.8. The van der Waals surface area contributed by atoms with Crippen molar-refractivity contribution < 1.29 is 97.5 Å². The zero-order valence-electron chi connectivity index (χ0n) is 76.3. The van der Waals surface area contributed by atoms with Crippen LogP contribution in [0.5, 0.6) is 0 Å². The van der Waals surface area contributed by atoms with Crippen molar-refractivity contribution in [3.63, 3.8) is 0 Å². The third-order valence-electron chi connectivity index (χ3n) is 27.3. The number of halogens is 9. The van der Waals surface area contributed by atoms with E-state index in [4.69, 9.17) is 11.6 Å². The van der Waals surface area contributed by atoms with Crippen molar-refractivity contribution in [2.45, 2.75) is 218 Å². The van der Waals surface area contributed by atoms with Crippen molar-refractivity contribution in [3.05, 3.63) is 243 Å². The van der Waals surface area contributed by atoms with Crippen LogP contribution in [0.1, 0.15) is 244 Å². The number of hydrogen-bond acceptors (Lipinski definition) is 19. The van der Waals surface area contributed by atoms with E-state index in [1.165, 1.54) is 61.4 Å². The second kappa shape index (κ2) is 36.2. The molecule has 0 spiro atoms. The monoisotopic (exact) mass is 1940 g/mol. The zero-order valence-corrected chi connectivity index (χ0v) is 77.1. The van der Waals surface area contributed by atoms with Crippen LogP contribution in [0.3, 0.4) is 0 Å². The first-order chi connectivity index (χ1) is 65.9. The number of ketones is 4. The Morgan fingerprint density at radius 2 is 0.777 bits per heavy atom. The lowest BCUT2D eigenvalue weighted by Crippen LogP contribution is -2.69. The van der Waals surface area contributed by atoms with E-state index in [0.717, 1.165) is 18.4 Å². The number of carbonyl (C=O) groups excluding carboxylic acids is 13. The van der Waals surface area contributed by atoms with Gasteiger partial charge in [-0.25, -0.2) is 35.1 Å². The highest BCUT2D eigenvalue weighted by atomic mass is 35.5. The molecule has 3 atom stereocenters. The molecule has 20 rings (SSSR count). The molecular formula is C95H93ClF8N22O13. The van der Waals surface area contributed by atoms with Gasteiger partial charge >= 0.3 is 0 Å². The number of rotatable bonds is 24. The molecule has 11 aromatic rings. The molecule has 724 valence electrons. The molecule has 9 aliphatic rings. The van der Waals surface area contributed by atoms with Crippen LogP contribution in [0, 0.1) is 78.8 Å². The Morgan fingerprint density at radius 1 is 0.424 bits per heavy atom. The van der Waals surface area contributed by atoms with Gasteiger partial charge in [0, 0.05) is 109 Å². The summed E-state index contributed by atoms with van der Waals surface area (Å²) in [6.45, 7) is 14.0. The number of nitrogens with one attached hydrogen (secondary N) is 12. The molecule has 0 bridgehead atoms. The number of alkyl halides is 5. The van der Waals surface area contributed by atoms with E-state index in [1.54, 1.807) is 104 Å². The van der Waals surface area contributed by atoms with Crippen molar-refractivity contribution >= 4 is 111 Å². The van der Waals surface area contributed by atoms with E-state index in [2.05, 4.69) is 94.1 Å². The number of Topliss-reactive ketones (excluding diaryl/α,β-unsaturated/α-hetero) is 4. The van der Waals surface area contributed by atoms with Gasteiger partial charge in [0.05, 0.1) is 64.0 Å². The van der Waals surface area contributed by atoms with Gasteiger partial charge in [-0.2, -0.15) is 46.2 Å². The predicted molar refractivity (Wildman–Crippen MR) is 482 cm³/mol. The summed E-state index contributed by atoms with van der Waals surface area (Å²) < 4.78 is 118. The van der Waals surface area contributed by atoms with Crippen LogP contribution in [0.4, 0.5) is 57.9 Å². The minimum Gasteiger partial charge on any atom is -0.357 e. The standard InChI is InChI=1S/C25H23F3N6O3.C24H25F3N4O4.C23H22ClFN6O3.C23H23FN6O3/c1-11-3-4-14(7-15(11)26)30-22(36)20-12(2)19(17-6-13-5-16(13)34(17)20)21(35)23(37)31-24(9-25(27,28)10-24)18-8-29-33-32-18;1-12-6-7-14(9-15(12)25)29-20(33)18-13(2)17(16-5-4-8-31(16)18)19(32)21(34)30-23(22(35)28-3)10-24(26,27)11-23;1-11-3-4-14(8-15(11)24)27-21(33)19-12(2)18(16-7-13(25)10-31(16)19)20(32)22(34)28-23(5-6-23)17-9-26-30-29-17;1-12-5-6-14(10-15(12)24)26-21(32)19-13(2)18(16-4-3-9-30(16)19)20(31)22(33)27-23(7-8-23)17-11-25-29-28-17/h3-4,7-8,13,16H,5-6,9-10H2,1-2H3,(H,30,36)(H,31,37)(H,29,32,33);6-7,9H,4-5,8,10-11H2,1-3H3,(H,28,35)(H,29,33)(H,30,34);3-4,8-9,13H,5-7,10H2,1-2H3,(H,27,33)(H,28,34)(H,26,29,30);5-6,10-11H,3-4,7-9H2,1-2H3,(H,26,32)(H,27,33)(H,25,28,29)/t13-,16-;;13-;/m1.1./s1. The van der Waals surface area contributed by atoms with Crippen molar-refractivity contribution in [3.8, 4) is 0 Å². The van der Waals surface area contributed by atoms with E-state index >= 15 is 0 Å². The maximum absolute atomic E-state index is 14.4. The SMILES string of the molecule is CNC(=O)C1(NC(=O)C(=O)c2c(C)c(C(=O)Nc3ccc(C)c(F)c3)n3c2CCC3)CC(F)(F)C1.Cc1ccc(NC(=O)c2c(C)c(C(=O)C(=O)NC3(c4cn[nH]n4)CC(F)(F)C3)c3n2[C@@H]2C[C@@H]2C3)cc1F.Cc1ccc(NC(=O)c2c(C)c(C(=O)C(=O)NC3(c4cn[nH]n4)CC3)c3n2CCC3)cc1F.Cc1ccc(NC(=O)c2c(C)c(C(=O)C(=O)NC3(c4cn[nH]n4)CC3)c3n2C[C@H](F)C3)cc1Cl. The molecule has 44 heteroatoms. The highest BCUT2D eigenvalue weighted by Crippen LogP contribution is 2.56. The summed E-state index contributed by atoms with van der Waals surface area (Å²) in [5, 5.41) is 54.3. The van der Waals surface area contributed by atoms with Gasteiger partial charge in [0.1, 0.15) is 69.0 Å². The van der Waals surface area contributed by atoms with Gasteiger partial charge in [0.15, 0.2) is 0 Å². The number of H-pyrrole nitrogens is 3. The second-order valence-corrected chi connectivity index (χ2v) is 37.3. The number of nitrogens with zero attached hydrogens (tertiary/aromatic N) is 10. The average Bonchev–Trinajstić information content (AvgIpc) is 1.54. The number of likely N-dealkylation sites (N-methyl/N-ethyl adjacent to an activating group) is 1. The lowest BCUT2D eigenvalue weighted by atomic mass is 9.71. The van der Waals surface area contributed by atoms with E-state index in [9.17, 15) is 97.5 Å². The molecule has 5 fully saturated rings. The molecule has 9 amide bonds. The number of aromatic amines is 3. The van der Waals surface area contributed by atoms with Crippen molar-refractivity contribution in [1.29, 1.82) is 0 Å². The van der Waals surface area contributed by atoms with E-state index < -0.39 is 160 Å². The van der Waals surface area contributed by atoms with Gasteiger partial charge in [0.25, 0.3) is 82.2 Å². The maximum Gasteiger partial charge on any atom is 0.293 e. The first kappa shape index (κ1) is 95.8. The Bertz CT molecular complexity index is 6990. The van der Waals surface area contributed by atoms with Crippen molar-refractivity contribution in [1.82, 2.24) is 91.1 Å². The molecule has 139 heavy (non-hydrogen) atoms. The fraction of sp³-hybridized carbons (Fsp3) is 0.379. The van der Waals surface area contributed by atoms with Gasteiger partial charge in [-0.1, -0.05) is 35.9 Å². The Kier molecular flexibility index (Phi) is 24.9. The number of fused-ring (bicyclic) bond motifs is 6. The first-order valence-corrected chi connectivity index (χ1v) is 45.1. The summed E-state index contributed by atoms with van der Waals surface area (Å²) in [6, 6.07) is 18.2. The Hall–Kier alpha value is -14.9. The minimum atomic E-state index is -3.13. The molecule has 7 aromatic heterocycles. The van der Waals surface area contributed by atoms with Gasteiger partial charge in [-0.3, -0.25) is 62.3 Å². The molecular weight excluding hydrogens is 1840 g/mol. The molecule has 35 nitrogen and oxygen atoms in total. The van der Waals surface area contributed by atoms with Crippen molar-refractivity contribution in [2.24, 2.45) is 5.92 Å².